The van der Waals surface area contributed by atoms with Gasteiger partial charge in [0.2, 0.25) is 0 Å². The molecule has 5 nitrogen and oxygen atoms in total. The summed E-state index contributed by atoms with van der Waals surface area (Å²) in [6.07, 6.45) is 2.38. The Labute approximate surface area is 191 Å². The van der Waals surface area contributed by atoms with E-state index in [1.807, 2.05) is 48.5 Å². The molecular weight excluding hydrogens is 444 g/mol. The third kappa shape index (κ3) is 5.97. The fourth-order valence-corrected chi connectivity index (χ4v) is 4.49. The maximum Gasteiger partial charge on any atom is 0.340 e. The SMILES string of the molecule is CCC1(C)CCN(c2c(Br)c(C)nc(C)c2C(OC(C)(C)C)C(=O)OC(C)C)CC1. The Morgan fingerprint density at radius 1 is 1.20 bits per heavy atom. The molecule has 1 aromatic rings. The minimum absolute atomic E-state index is 0.213. The number of nitrogens with zero attached hydrogens (tertiary/aromatic N) is 2. The highest BCUT2D eigenvalue weighted by Gasteiger charge is 2.37. The van der Waals surface area contributed by atoms with E-state index in [1.165, 1.54) is 6.42 Å². The van der Waals surface area contributed by atoms with Crippen molar-refractivity contribution in [3.05, 3.63) is 21.4 Å². The Bertz CT molecular complexity index is 763. The van der Waals surface area contributed by atoms with Gasteiger partial charge < -0.3 is 14.4 Å². The molecule has 1 aliphatic rings. The Morgan fingerprint density at radius 3 is 2.23 bits per heavy atom. The van der Waals surface area contributed by atoms with Crippen LogP contribution in [0.25, 0.3) is 0 Å². The van der Waals surface area contributed by atoms with Crippen LogP contribution in [0.15, 0.2) is 4.47 Å². The zero-order chi connectivity index (χ0) is 22.9. The summed E-state index contributed by atoms with van der Waals surface area (Å²) in [6, 6.07) is 0. The third-order valence-electron chi connectivity index (χ3n) is 5.95. The van der Waals surface area contributed by atoms with Crippen molar-refractivity contribution in [1.29, 1.82) is 0 Å². The molecule has 2 heterocycles. The Balaban J connectivity index is 2.58. The number of hydrogen-bond acceptors (Lipinski definition) is 5. The van der Waals surface area contributed by atoms with Crippen LogP contribution in [0.4, 0.5) is 5.69 Å². The zero-order valence-electron chi connectivity index (χ0n) is 20.2. The molecule has 0 spiro atoms. The lowest BCUT2D eigenvalue weighted by atomic mass is 9.78. The van der Waals surface area contributed by atoms with E-state index in [1.54, 1.807) is 0 Å². The molecule has 0 bridgehead atoms. The summed E-state index contributed by atoms with van der Waals surface area (Å²) >= 11 is 3.78. The number of piperidine rings is 1. The fraction of sp³-hybridized carbons (Fsp3) is 0.750. The van der Waals surface area contributed by atoms with Crippen LogP contribution < -0.4 is 4.90 Å². The van der Waals surface area contributed by atoms with Gasteiger partial charge in [-0.15, -0.1) is 0 Å². The van der Waals surface area contributed by atoms with E-state index in [0.29, 0.717) is 5.41 Å². The van der Waals surface area contributed by atoms with Gasteiger partial charge in [0.25, 0.3) is 0 Å². The summed E-state index contributed by atoms with van der Waals surface area (Å²) in [7, 11) is 0. The summed E-state index contributed by atoms with van der Waals surface area (Å²) in [5, 5.41) is 0. The molecule has 170 valence electrons. The second-order valence-electron chi connectivity index (χ2n) is 10.1. The average molecular weight is 483 g/mol. The summed E-state index contributed by atoms with van der Waals surface area (Å²) in [6.45, 7) is 20.1. The average Bonchev–Trinajstić information content (AvgIpc) is 2.62. The second kappa shape index (κ2) is 9.56. The molecule has 0 amide bonds. The quantitative estimate of drug-likeness (QED) is 0.446. The van der Waals surface area contributed by atoms with Crippen LogP contribution in [0.3, 0.4) is 0 Å². The van der Waals surface area contributed by atoms with Crippen molar-refractivity contribution in [2.75, 3.05) is 18.0 Å². The fourth-order valence-electron chi connectivity index (χ4n) is 3.94. The van der Waals surface area contributed by atoms with Gasteiger partial charge in [-0.2, -0.15) is 0 Å². The highest BCUT2D eigenvalue weighted by Crippen LogP contribution is 2.44. The number of carbonyl (C=O) groups excluding carboxylic acids is 1. The van der Waals surface area contributed by atoms with E-state index >= 15 is 0 Å². The van der Waals surface area contributed by atoms with E-state index in [9.17, 15) is 4.79 Å². The highest BCUT2D eigenvalue weighted by atomic mass is 79.9. The van der Waals surface area contributed by atoms with Gasteiger partial charge in [0.05, 0.1) is 27.6 Å². The van der Waals surface area contributed by atoms with Gasteiger partial charge in [0.1, 0.15) is 0 Å². The summed E-state index contributed by atoms with van der Waals surface area (Å²) < 4.78 is 12.8. The molecule has 6 heteroatoms. The number of ether oxygens (including phenoxy) is 2. The topological polar surface area (TPSA) is 51.7 Å². The molecule has 1 atom stereocenters. The van der Waals surface area contributed by atoms with Crippen LogP contribution in [0, 0.1) is 19.3 Å². The van der Waals surface area contributed by atoms with Gasteiger partial charge in [-0.3, -0.25) is 4.98 Å². The van der Waals surface area contributed by atoms with Crippen LogP contribution in [0.2, 0.25) is 0 Å². The minimum atomic E-state index is -0.828. The predicted octanol–water partition coefficient (Wildman–Crippen LogP) is 6.29. The Hall–Kier alpha value is -1.14. The van der Waals surface area contributed by atoms with Gasteiger partial charge >= 0.3 is 5.97 Å². The standard InChI is InChI=1S/C24H39BrN2O3/c1-10-24(9)11-13-27(14-12-24)20-18(16(4)26-17(5)19(20)25)21(30-23(6,7)8)22(28)29-15(2)3/h15,21H,10-14H2,1-9H3. The molecule has 1 aromatic heterocycles. The van der Waals surface area contributed by atoms with E-state index in [4.69, 9.17) is 14.5 Å². The minimum Gasteiger partial charge on any atom is -0.461 e. The van der Waals surface area contributed by atoms with E-state index in [0.717, 1.165) is 53.0 Å². The number of carbonyl (C=O) groups is 1. The largest absolute Gasteiger partial charge is 0.461 e. The van der Waals surface area contributed by atoms with Crippen LogP contribution >= 0.6 is 15.9 Å². The zero-order valence-corrected chi connectivity index (χ0v) is 21.8. The van der Waals surface area contributed by atoms with Crippen molar-refractivity contribution < 1.29 is 14.3 Å². The van der Waals surface area contributed by atoms with Gasteiger partial charge in [-0.05, 0) is 82.7 Å². The van der Waals surface area contributed by atoms with Crippen molar-refractivity contribution >= 4 is 27.6 Å². The maximum atomic E-state index is 13.2. The van der Waals surface area contributed by atoms with Crippen molar-refractivity contribution in [2.45, 2.75) is 99.4 Å². The van der Waals surface area contributed by atoms with E-state index < -0.39 is 11.7 Å². The smallest absolute Gasteiger partial charge is 0.340 e. The van der Waals surface area contributed by atoms with E-state index in [-0.39, 0.29) is 12.1 Å². The van der Waals surface area contributed by atoms with Crippen molar-refractivity contribution in [3.8, 4) is 0 Å². The molecule has 1 unspecified atom stereocenters. The molecule has 0 N–H and O–H groups in total. The normalized spacial score (nSPS) is 17.9. The second-order valence-corrected chi connectivity index (χ2v) is 10.9. The van der Waals surface area contributed by atoms with Gasteiger partial charge in [-0.1, -0.05) is 20.3 Å². The molecule has 1 aliphatic heterocycles. The monoisotopic (exact) mass is 482 g/mol. The highest BCUT2D eigenvalue weighted by molar-refractivity contribution is 9.10. The predicted molar refractivity (Wildman–Crippen MR) is 126 cm³/mol. The lowest BCUT2D eigenvalue weighted by Crippen LogP contribution is -2.40. The number of rotatable bonds is 6. The molecular formula is C24H39BrN2O3. The number of pyridine rings is 1. The first kappa shape index (κ1) is 25.1. The molecule has 30 heavy (non-hydrogen) atoms. The third-order valence-corrected chi connectivity index (χ3v) is 6.90. The van der Waals surface area contributed by atoms with Crippen LogP contribution in [0.5, 0.6) is 0 Å². The lowest BCUT2D eigenvalue weighted by molar-refractivity contribution is -0.171. The number of halogens is 1. The van der Waals surface area contributed by atoms with Gasteiger partial charge in [-0.25, -0.2) is 4.79 Å². The van der Waals surface area contributed by atoms with Crippen molar-refractivity contribution in [2.24, 2.45) is 5.41 Å². The van der Waals surface area contributed by atoms with Crippen LogP contribution in [-0.2, 0) is 14.3 Å². The van der Waals surface area contributed by atoms with Crippen molar-refractivity contribution in [1.82, 2.24) is 4.98 Å². The number of anilines is 1. The maximum absolute atomic E-state index is 13.2. The van der Waals surface area contributed by atoms with Crippen molar-refractivity contribution in [3.63, 3.8) is 0 Å². The van der Waals surface area contributed by atoms with Gasteiger partial charge in [0, 0.05) is 24.3 Å². The molecule has 1 saturated heterocycles. The molecule has 0 aliphatic carbocycles. The molecule has 0 saturated carbocycles. The number of aromatic nitrogens is 1. The van der Waals surface area contributed by atoms with Crippen LogP contribution in [-0.4, -0.2) is 35.7 Å². The van der Waals surface area contributed by atoms with E-state index in [2.05, 4.69) is 34.7 Å². The number of hydrogen-bond donors (Lipinski definition) is 0. The summed E-state index contributed by atoms with van der Waals surface area (Å²) in [4.78, 5) is 20.3. The summed E-state index contributed by atoms with van der Waals surface area (Å²) in [5.74, 6) is -0.364. The summed E-state index contributed by atoms with van der Waals surface area (Å²) in [5.41, 5.74) is 3.43. The Morgan fingerprint density at radius 2 is 1.77 bits per heavy atom. The first-order chi connectivity index (χ1) is 13.8. The van der Waals surface area contributed by atoms with Gasteiger partial charge in [0.15, 0.2) is 6.10 Å². The number of aryl methyl sites for hydroxylation is 2. The number of esters is 1. The molecule has 2 rings (SSSR count). The molecule has 0 radical (unpaired) electrons. The first-order valence-corrected chi connectivity index (χ1v) is 11.9. The Kier molecular flexibility index (Phi) is 8.00. The molecule has 0 aromatic carbocycles. The molecule has 1 fully saturated rings. The van der Waals surface area contributed by atoms with Crippen LogP contribution in [0.1, 0.15) is 90.8 Å². The first-order valence-electron chi connectivity index (χ1n) is 11.1. The lowest BCUT2D eigenvalue weighted by Gasteiger charge is -2.42.